The Bertz CT molecular complexity index is 780. The fourth-order valence-electron chi connectivity index (χ4n) is 1.55. The largest absolute Gasteiger partial charge is 0.321 e. The summed E-state index contributed by atoms with van der Waals surface area (Å²) in [4.78, 5) is 15.8. The maximum absolute atomic E-state index is 12.0. The summed E-state index contributed by atoms with van der Waals surface area (Å²) in [5.41, 5.74) is 0.761. The molecule has 2 rings (SSSR count). The number of rotatable bonds is 4. The van der Waals surface area contributed by atoms with Crippen molar-refractivity contribution in [3.8, 4) is 0 Å². The predicted octanol–water partition coefficient (Wildman–Crippen LogP) is 1.60. The number of halogens is 1. The minimum absolute atomic E-state index is 0.146. The highest BCUT2D eigenvalue weighted by atomic mass is 35.5. The van der Waals surface area contributed by atoms with E-state index in [0.717, 1.165) is 0 Å². The zero-order valence-corrected chi connectivity index (χ0v) is 12.1. The molecule has 0 unspecified atom stereocenters. The molecule has 0 radical (unpaired) electrons. The average Bonchev–Trinajstić information content (AvgIpc) is 2.37. The lowest BCUT2D eigenvalue weighted by Crippen LogP contribution is -2.21. The minimum atomic E-state index is -3.87. The van der Waals surface area contributed by atoms with Gasteiger partial charge in [-0.1, -0.05) is 23.7 Å². The number of nitrogens with zero attached hydrogens (tertiary/aromatic N) is 1. The summed E-state index contributed by atoms with van der Waals surface area (Å²) < 4.78 is 24.0. The summed E-state index contributed by atoms with van der Waals surface area (Å²) in [6, 6.07) is 10.7. The smallest absolute Gasteiger partial charge is 0.296 e. The van der Waals surface area contributed by atoms with Crippen LogP contribution < -0.4 is 15.2 Å². The van der Waals surface area contributed by atoms with E-state index in [4.69, 9.17) is 16.7 Å². The van der Waals surface area contributed by atoms with Crippen LogP contribution in [0.2, 0.25) is 5.15 Å². The summed E-state index contributed by atoms with van der Waals surface area (Å²) in [6.45, 7) is 0. The number of carbonyl (C=O) groups is 1. The van der Waals surface area contributed by atoms with Crippen molar-refractivity contribution in [2.75, 3.05) is 10.0 Å². The molecule has 0 fully saturated rings. The Morgan fingerprint density at radius 3 is 2.48 bits per heavy atom. The van der Waals surface area contributed by atoms with Gasteiger partial charge < -0.3 is 5.32 Å². The Balaban J connectivity index is 2.16. The lowest BCUT2D eigenvalue weighted by atomic mass is 10.2. The quantitative estimate of drug-likeness (QED) is 0.740. The second-order valence-electron chi connectivity index (χ2n) is 4.03. The zero-order chi connectivity index (χ0) is 15.5. The van der Waals surface area contributed by atoms with Gasteiger partial charge in [-0.3, -0.25) is 9.52 Å². The highest BCUT2D eigenvalue weighted by Crippen LogP contribution is 2.16. The van der Waals surface area contributed by atoms with Gasteiger partial charge in [0.1, 0.15) is 10.8 Å². The van der Waals surface area contributed by atoms with E-state index in [1.54, 1.807) is 24.3 Å². The van der Waals surface area contributed by atoms with Gasteiger partial charge in [0.05, 0.1) is 5.69 Å². The number of carbonyl (C=O) groups excluding carboxylic acids is 1. The van der Waals surface area contributed by atoms with Crippen LogP contribution in [-0.2, 0) is 10.2 Å². The number of anilines is 2. The van der Waals surface area contributed by atoms with Gasteiger partial charge in [0.15, 0.2) is 0 Å². The SMILES string of the molecule is NS(=O)(=O)Nc1cccc(NC(=O)c2cccc(Cl)n2)c1. The van der Waals surface area contributed by atoms with E-state index in [1.165, 1.54) is 18.2 Å². The molecule has 1 aromatic carbocycles. The standard InChI is InChI=1S/C12H11ClN4O3S/c13-11-6-2-5-10(16-11)12(18)15-8-3-1-4-9(7-8)17-21(14,19)20/h1-7,17H,(H,15,18)(H2,14,19,20). The van der Waals surface area contributed by atoms with E-state index < -0.39 is 16.1 Å². The Morgan fingerprint density at radius 2 is 1.81 bits per heavy atom. The van der Waals surface area contributed by atoms with E-state index in [0.29, 0.717) is 5.69 Å². The van der Waals surface area contributed by atoms with E-state index in [2.05, 4.69) is 15.0 Å². The lowest BCUT2D eigenvalue weighted by Gasteiger charge is -2.08. The molecule has 1 aromatic heterocycles. The van der Waals surface area contributed by atoms with Gasteiger partial charge in [-0.25, -0.2) is 10.1 Å². The second-order valence-corrected chi connectivity index (χ2v) is 5.71. The first-order chi connectivity index (χ1) is 9.83. The molecule has 0 aliphatic carbocycles. The Labute approximate surface area is 126 Å². The van der Waals surface area contributed by atoms with Gasteiger partial charge in [0, 0.05) is 5.69 Å². The molecular weight excluding hydrogens is 316 g/mol. The number of nitrogens with two attached hydrogens (primary N) is 1. The first kappa shape index (κ1) is 15.2. The minimum Gasteiger partial charge on any atom is -0.321 e. The molecule has 0 saturated carbocycles. The zero-order valence-electron chi connectivity index (χ0n) is 10.6. The molecule has 7 nitrogen and oxygen atoms in total. The highest BCUT2D eigenvalue weighted by molar-refractivity contribution is 7.90. The van der Waals surface area contributed by atoms with Gasteiger partial charge in [0.2, 0.25) is 0 Å². The lowest BCUT2D eigenvalue weighted by molar-refractivity contribution is 0.102. The maximum atomic E-state index is 12.0. The molecule has 1 heterocycles. The number of benzene rings is 1. The molecule has 4 N–H and O–H groups in total. The highest BCUT2D eigenvalue weighted by Gasteiger charge is 2.09. The van der Waals surface area contributed by atoms with Crippen LogP contribution in [0.3, 0.4) is 0 Å². The van der Waals surface area contributed by atoms with Gasteiger partial charge in [0.25, 0.3) is 16.1 Å². The molecule has 0 aliphatic heterocycles. The molecule has 0 saturated heterocycles. The molecule has 21 heavy (non-hydrogen) atoms. The monoisotopic (exact) mass is 326 g/mol. The van der Waals surface area contributed by atoms with Crippen molar-refractivity contribution in [3.05, 3.63) is 53.3 Å². The van der Waals surface area contributed by atoms with Crippen LogP contribution in [0.15, 0.2) is 42.5 Å². The molecular formula is C12H11ClN4O3S. The van der Waals surface area contributed by atoms with E-state index in [1.807, 2.05) is 0 Å². The first-order valence-electron chi connectivity index (χ1n) is 5.68. The number of aromatic nitrogens is 1. The summed E-state index contributed by atoms with van der Waals surface area (Å²) in [5.74, 6) is -0.467. The summed E-state index contributed by atoms with van der Waals surface area (Å²) >= 11 is 5.71. The number of nitrogens with one attached hydrogen (secondary N) is 2. The van der Waals surface area contributed by atoms with Crippen molar-refractivity contribution < 1.29 is 13.2 Å². The van der Waals surface area contributed by atoms with E-state index in [9.17, 15) is 13.2 Å². The molecule has 0 atom stereocenters. The van der Waals surface area contributed by atoms with Crippen molar-refractivity contribution in [2.24, 2.45) is 5.14 Å². The fourth-order valence-corrected chi connectivity index (χ4v) is 2.17. The van der Waals surface area contributed by atoms with Crippen molar-refractivity contribution in [2.45, 2.75) is 0 Å². The number of amides is 1. The van der Waals surface area contributed by atoms with E-state index >= 15 is 0 Å². The van der Waals surface area contributed by atoms with Crippen molar-refractivity contribution in [1.29, 1.82) is 0 Å². The Kier molecular flexibility index (Phi) is 4.41. The number of pyridine rings is 1. The van der Waals surface area contributed by atoms with Gasteiger partial charge in [-0.2, -0.15) is 8.42 Å². The molecule has 0 bridgehead atoms. The van der Waals surface area contributed by atoms with Gasteiger partial charge in [-0.05, 0) is 30.3 Å². The molecule has 0 spiro atoms. The first-order valence-corrected chi connectivity index (χ1v) is 7.60. The van der Waals surface area contributed by atoms with Crippen LogP contribution >= 0.6 is 11.6 Å². The van der Waals surface area contributed by atoms with Crippen LogP contribution in [0.1, 0.15) is 10.5 Å². The molecule has 9 heteroatoms. The molecule has 1 amide bonds. The number of hydrogen-bond acceptors (Lipinski definition) is 4. The molecule has 2 aromatic rings. The Morgan fingerprint density at radius 1 is 1.14 bits per heavy atom. The third-order valence-corrected chi connectivity index (χ3v) is 3.06. The molecule has 0 aliphatic rings. The summed E-state index contributed by atoms with van der Waals surface area (Å²) in [6.07, 6.45) is 0. The van der Waals surface area contributed by atoms with Gasteiger partial charge >= 0.3 is 0 Å². The van der Waals surface area contributed by atoms with Crippen LogP contribution in [0.4, 0.5) is 11.4 Å². The summed E-state index contributed by atoms with van der Waals surface area (Å²) in [7, 11) is -3.87. The van der Waals surface area contributed by atoms with Gasteiger partial charge in [-0.15, -0.1) is 0 Å². The number of hydrogen-bond donors (Lipinski definition) is 3. The third-order valence-electron chi connectivity index (χ3n) is 2.33. The Hall–Kier alpha value is -2.16. The second kappa shape index (κ2) is 6.08. The average molecular weight is 327 g/mol. The van der Waals surface area contributed by atoms with Crippen molar-refractivity contribution in [1.82, 2.24) is 4.98 Å². The normalized spacial score (nSPS) is 11.0. The molecule has 110 valence electrons. The van der Waals surface area contributed by atoms with Crippen LogP contribution in [0, 0.1) is 0 Å². The third kappa shape index (κ3) is 4.71. The fraction of sp³-hybridized carbons (Fsp3) is 0. The van der Waals surface area contributed by atoms with Crippen LogP contribution in [0.5, 0.6) is 0 Å². The van der Waals surface area contributed by atoms with Crippen LogP contribution in [-0.4, -0.2) is 19.3 Å². The predicted molar refractivity (Wildman–Crippen MR) is 80.4 cm³/mol. The van der Waals surface area contributed by atoms with E-state index in [-0.39, 0.29) is 16.5 Å². The van der Waals surface area contributed by atoms with Crippen molar-refractivity contribution in [3.63, 3.8) is 0 Å². The van der Waals surface area contributed by atoms with Crippen LogP contribution in [0.25, 0.3) is 0 Å². The maximum Gasteiger partial charge on any atom is 0.296 e. The topological polar surface area (TPSA) is 114 Å². The van der Waals surface area contributed by atoms with Crippen molar-refractivity contribution >= 4 is 39.1 Å². The summed E-state index contributed by atoms with van der Waals surface area (Å²) in [5, 5.41) is 7.65.